The first-order valence-corrected chi connectivity index (χ1v) is 12.4. The van der Waals surface area contributed by atoms with Gasteiger partial charge in [0.2, 0.25) is 14.8 Å². The van der Waals surface area contributed by atoms with Crippen molar-refractivity contribution < 1.29 is 12.8 Å². The summed E-state index contributed by atoms with van der Waals surface area (Å²) in [6, 6.07) is 10.8. The van der Waals surface area contributed by atoms with Gasteiger partial charge in [0, 0.05) is 26.2 Å². The van der Waals surface area contributed by atoms with Gasteiger partial charge in [-0.1, -0.05) is 17.7 Å². The summed E-state index contributed by atoms with van der Waals surface area (Å²) in [5.41, 5.74) is 1.04. The molecule has 1 aliphatic rings. The van der Waals surface area contributed by atoms with Gasteiger partial charge >= 0.3 is 0 Å². The Kier molecular flexibility index (Phi) is 6.75. The van der Waals surface area contributed by atoms with Gasteiger partial charge in [-0.3, -0.25) is 10.00 Å². The summed E-state index contributed by atoms with van der Waals surface area (Å²) in [5, 5.41) is 3.20. The highest BCUT2D eigenvalue weighted by Crippen LogP contribution is 2.18. The predicted octanol–water partition coefficient (Wildman–Crippen LogP) is 3.68. The van der Waals surface area contributed by atoms with Gasteiger partial charge in [-0.25, -0.2) is 13.1 Å². The van der Waals surface area contributed by atoms with Crippen LogP contribution in [0.1, 0.15) is 29.3 Å². The Labute approximate surface area is 193 Å². The summed E-state index contributed by atoms with van der Waals surface area (Å²) < 4.78 is 35.4. The van der Waals surface area contributed by atoms with Crippen LogP contribution < -0.4 is 0 Å². The number of hydrogen-bond donors (Lipinski definition) is 1. The number of hydrogen-bond acceptors (Lipinski definition) is 6. The lowest BCUT2D eigenvalue weighted by Crippen LogP contribution is -2.35. The molecule has 0 spiro atoms. The zero-order valence-electron chi connectivity index (χ0n) is 18.2. The Morgan fingerprint density at radius 1 is 1.06 bits per heavy atom. The molecule has 0 atom stereocenters. The molecular weight excluding hydrogens is 446 g/mol. The third-order valence-corrected chi connectivity index (χ3v) is 7.64. The van der Waals surface area contributed by atoms with Crippen molar-refractivity contribution in [3.63, 3.8) is 0 Å². The minimum absolute atomic E-state index is 0.343. The van der Waals surface area contributed by atoms with Crippen LogP contribution in [0, 0.1) is 18.6 Å². The van der Waals surface area contributed by atoms with Crippen LogP contribution in [0.25, 0.3) is 12.2 Å². The SMILES string of the molecule is Cc1ccc(S(=O)(=O)N2CCCN(Cn3[nH]c(/C=C/c4ccc(C)o4)nc3=S)CC2)cc1. The van der Waals surface area contributed by atoms with Crippen molar-refractivity contribution >= 4 is 34.4 Å². The lowest BCUT2D eigenvalue weighted by Gasteiger charge is -2.22. The lowest BCUT2D eigenvalue weighted by atomic mass is 10.2. The summed E-state index contributed by atoms with van der Waals surface area (Å²) in [6.07, 6.45) is 4.41. The minimum atomic E-state index is -3.49. The number of aryl methyl sites for hydroxylation is 2. The van der Waals surface area contributed by atoms with Crippen LogP contribution in [0.3, 0.4) is 0 Å². The largest absolute Gasteiger partial charge is 0.462 e. The van der Waals surface area contributed by atoms with E-state index in [9.17, 15) is 8.42 Å². The van der Waals surface area contributed by atoms with E-state index in [1.54, 1.807) is 21.1 Å². The van der Waals surface area contributed by atoms with Crippen molar-refractivity contribution in [1.82, 2.24) is 24.0 Å². The molecule has 0 radical (unpaired) electrons. The lowest BCUT2D eigenvalue weighted by molar-refractivity contribution is 0.216. The number of rotatable bonds is 6. The Hall–Kier alpha value is -2.53. The summed E-state index contributed by atoms with van der Waals surface area (Å²) in [6.45, 7) is 6.69. The molecule has 0 saturated carbocycles. The number of sulfonamides is 1. The second kappa shape index (κ2) is 9.53. The first-order valence-electron chi connectivity index (χ1n) is 10.5. The molecule has 170 valence electrons. The quantitative estimate of drug-likeness (QED) is 0.550. The van der Waals surface area contributed by atoms with E-state index in [-0.39, 0.29) is 0 Å². The molecule has 0 bridgehead atoms. The molecule has 1 fully saturated rings. The summed E-state index contributed by atoms with van der Waals surface area (Å²) in [7, 11) is -3.49. The fourth-order valence-corrected chi connectivity index (χ4v) is 5.31. The van der Waals surface area contributed by atoms with Gasteiger partial charge in [-0.2, -0.15) is 9.29 Å². The van der Waals surface area contributed by atoms with Crippen molar-refractivity contribution in [2.24, 2.45) is 0 Å². The van der Waals surface area contributed by atoms with Crippen LogP contribution in [0.4, 0.5) is 0 Å². The van der Waals surface area contributed by atoms with Gasteiger partial charge in [0.15, 0.2) is 0 Å². The number of nitrogens with one attached hydrogen (secondary N) is 1. The molecule has 0 unspecified atom stereocenters. The molecule has 1 aliphatic heterocycles. The topological polar surface area (TPSA) is 87.4 Å². The van der Waals surface area contributed by atoms with Crippen LogP contribution in [0.5, 0.6) is 0 Å². The highest BCUT2D eigenvalue weighted by atomic mass is 32.2. The average Bonchev–Trinajstić information content (AvgIpc) is 3.23. The van der Waals surface area contributed by atoms with E-state index in [4.69, 9.17) is 16.6 Å². The zero-order chi connectivity index (χ0) is 22.7. The van der Waals surface area contributed by atoms with Crippen LogP contribution in [0.15, 0.2) is 45.7 Å². The molecule has 0 amide bonds. The van der Waals surface area contributed by atoms with Gasteiger partial charge in [0.1, 0.15) is 17.3 Å². The average molecular weight is 474 g/mol. The van der Waals surface area contributed by atoms with E-state index >= 15 is 0 Å². The standard InChI is InChI=1S/C22H27N5O3S2/c1-17-4-9-20(10-5-17)32(28,29)26-13-3-12-25(14-15-26)16-27-22(31)23-21(24-27)11-8-19-7-6-18(2)30-19/h4-11H,3,12-16H2,1-2H3,(H,23,24,31)/b11-8+. The number of benzene rings is 1. The van der Waals surface area contributed by atoms with Crippen molar-refractivity contribution in [3.05, 3.63) is 64.1 Å². The Morgan fingerprint density at radius 2 is 1.84 bits per heavy atom. The molecule has 10 heteroatoms. The molecule has 8 nitrogen and oxygen atoms in total. The molecule has 1 N–H and O–H groups in total. The van der Waals surface area contributed by atoms with Gasteiger partial charge in [0.25, 0.3) is 0 Å². The maximum Gasteiger partial charge on any atom is 0.243 e. The van der Waals surface area contributed by atoms with Crippen molar-refractivity contribution in [2.75, 3.05) is 26.2 Å². The molecule has 1 aromatic carbocycles. The van der Waals surface area contributed by atoms with E-state index in [1.165, 1.54) is 0 Å². The van der Waals surface area contributed by atoms with E-state index in [0.29, 0.717) is 41.8 Å². The first kappa shape index (κ1) is 22.7. The Bertz CT molecular complexity index is 1260. The van der Waals surface area contributed by atoms with Gasteiger partial charge in [0.05, 0.1) is 11.6 Å². The smallest absolute Gasteiger partial charge is 0.243 e. The molecule has 3 heterocycles. The van der Waals surface area contributed by atoms with E-state index < -0.39 is 10.0 Å². The highest BCUT2D eigenvalue weighted by molar-refractivity contribution is 7.89. The number of furan rings is 1. The maximum absolute atomic E-state index is 13.0. The molecule has 4 rings (SSSR count). The molecule has 3 aromatic rings. The molecule has 32 heavy (non-hydrogen) atoms. The van der Waals surface area contributed by atoms with Crippen molar-refractivity contribution in [1.29, 1.82) is 0 Å². The van der Waals surface area contributed by atoms with Crippen molar-refractivity contribution in [3.8, 4) is 0 Å². The Balaban J connectivity index is 1.40. The summed E-state index contributed by atoms with van der Waals surface area (Å²) in [4.78, 5) is 6.91. The van der Waals surface area contributed by atoms with Gasteiger partial charge in [-0.15, -0.1) is 0 Å². The Morgan fingerprint density at radius 3 is 2.56 bits per heavy atom. The van der Waals surface area contributed by atoms with Crippen LogP contribution >= 0.6 is 12.2 Å². The monoisotopic (exact) mass is 473 g/mol. The predicted molar refractivity (Wildman–Crippen MR) is 126 cm³/mol. The molecule has 1 saturated heterocycles. The second-order valence-corrected chi connectivity index (χ2v) is 10.2. The minimum Gasteiger partial charge on any atom is -0.462 e. The normalized spacial score (nSPS) is 16.6. The van der Waals surface area contributed by atoms with E-state index in [2.05, 4.69) is 15.0 Å². The molecular formula is C22H27N5O3S2. The highest BCUT2D eigenvalue weighted by Gasteiger charge is 2.27. The number of aromatic amines is 1. The number of H-pyrrole nitrogens is 1. The van der Waals surface area contributed by atoms with Gasteiger partial charge < -0.3 is 4.42 Å². The van der Waals surface area contributed by atoms with Crippen LogP contribution in [-0.4, -0.2) is 58.6 Å². The number of nitrogens with zero attached hydrogens (tertiary/aromatic N) is 4. The van der Waals surface area contributed by atoms with Crippen LogP contribution in [-0.2, 0) is 16.7 Å². The molecule has 2 aromatic heterocycles. The summed E-state index contributed by atoms with van der Waals surface area (Å²) >= 11 is 5.40. The van der Waals surface area contributed by atoms with Crippen LogP contribution in [0.2, 0.25) is 0 Å². The zero-order valence-corrected chi connectivity index (χ0v) is 19.8. The number of aromatic nitrogens is 3. The fourth-order valence-electron chi connectivity index (χ4n) is 3.64. The third kappa shape index (κ3) is 5.26. The van der Waals surface area contributed by atoms with Gasteiger partial charge in [-0.05, 0) is 68.9 Å². The second-order valence-electron chi connectivity index (χ2n) is 7.93. The first-order chi connectivity index (χ1) is 15.3. The fraction of sp³-hybridized carbons (Fsp3) is 0.364. The van der Waals surface area contributed by atoms with E-state index in [1.807, 2.05) is 50.3 Å². The van der Waals surface area contributed by atoms with Crippen molar-refractivity contribution in [2.45, 2.75) is 31.8 Å². The van der Waals surface area contributed by atoms with E-state index in [0.717, 1.165) is 30.0 Å². The third-order valence-electron chi connectivity index (χ3n) is 5.41. The molecule has 0 aliphatic carbocycles. The summed E-state index contributed by atoms with van der Waals surface area (Å²) in [5.74, 6) is 2.24. The maximum atomic E-state index is 13.0.